The van der Waals surface area contributed by atoms with Crippen molar-refractivity contribution in [2.45, 2.75) is 32.2 Å². The molecule has 0 amide bonds. The molecule has 0 saturated heterocycles. The molecule has 0 aliphatic rings. The van der Waals surface area contributed by atoms with Crippen LogP contribution in [0.4, 0.5) is 0 Å². The van der Waals surface area contributed by atoms with Crippen LogP contribution in [0, 0.1) is 10.1 Å². The van der Waals surface area contributed by atoms with Crippen molar-refractivity contribution in [3.63, 3.8) is 0 Å². The van der Waals surface area contributed by atoms with E-state index in [0.29, 0.717) is 12.8 Å². The van der Waals surface area contributed by atoms with Crippen LogP contribution in [0.5, 0.6) is 0 Å². The van der Waals surface area contributed by atoms with E-state index in [1.165, 1.54) is 0 Å². The average molecular weight is 232 g/mol. The number of nitrogens with zero attached hydrogens (tertiary/aromatic N) is 1. The van der Waals surface area contributed by atoms with Gasteiger partial charge >= 0.3 is 0 Å². The molecule has 17 heavy (non-hydrogen) atoms. The van der Waals surface area contributed by atoms with Crippen molar-refractivity contribution in [2.24, 2.45) is 0 Å². The maximum atomic E-state index is 11.1. The van der Waals surface area contributed by atoms with Crippen molar-refractivity contribution in [3.8, 4) is 0 Å². The fraction of sp³-hybridized carbons (Fsp3) is 0.385. The fourth-order valence-electron chi connectivity index (χ4n) is 2.01. The van der Waals surface area contributed by atoms with Crippen LogP contribution in [0.3, 0.4) is 0 Å². The highest BCUT2D eigenvalue weighted by Gasteiger charge is 2.35. The molecule has 0 bridgehead atoms. The van der Waals surface area contributed by atoms with Crippen molar-refractivity contribution in [2.75, 3.05) is 0 Å². The quantitative estimate of drug-likeness (QED) is 0.650. The van der Waals surface area contributed by atoms with Crippen LogP contribution in [-0.2, 0) is 6.42 Å². The third kappa shape index (κ3) is 2.02. The molecule has 1 heterocycles. The number of nitro groups is 1. The van der Waals surface area contributed by atoms with Crippen molar-refractivity contribution < 1.29 is 4.92 Å². The van der Waals surface area contributed by atoms with Crippen LogP contribution in [-0.4, -0.2) is 15.4 Å². The Hall–Kier alpha value is -1.84. The van der Waals surface area contributed by atoms with Crippen molar-refractivity contribution in [1.29, 1.82) is 0 Å². The van der Waals surface area contributed by atoms with Crippen LogP contribution in [0.2, 0.25) is 0 Å². The molecule has 1 aromatic carbocycles. The van der Waals surface area contributed by atoms with E-state index in [9.17, 15) is 10.1 Å². The number of rotatable bonds is 4. The highest BCUT2D eigenvalue weighted by molar-refractivity contribution is 5.83. The first kappa shape index (κ1) is 11.6. The van der Waals surface area contributed by atoms with E-state index in [4.69, 9.17) is 0 Å². The van der Waals surface area contributed by atoms with Gasteiger partial charge in [0.1, 0.15) is 0 Å². The molecule has 0 fully saturated rings. The van der Waals surface area contributed by atoms with Crippen LogP contribution < -0.4 is 0 Å². The third-order valence-corrected chi connectivity index (χ3v) is 3.45. The summed E-state index contributed by atoms with van der Waals surface area (Å²) >= 11 is 0. The van der Waals surface area contributed by atoms with Gasteiger partial charge in [0.25, 0.3) is 0 Å². The van der Waals surface area contributed by atoms with Gasteiger partial charge in [-0.25, -0.2) is 0 Å². The second-order valence-electron chi connectivity index (χ2n) is 4.64. The molecule has 0 radical (unpaired) electrons. The molecule has 1 atom stereocenters. The molecular weight excluding hydrogens is 216 g/mol. The second kappa shape index (κ2) is 4.20. The van der Waals surface area contributed by atoms with E-state index >= 15 is 0 Å². The predicted molar refractivity (Wildman–Crippen MR) is 67.7 cm³/mol. The minimum Gasteiger partial charge on any atom is -0.361 e. The molecule has 0 spiro atoms. The molecule has 4 nitrogen and oxygen atoms in total. The Kier molecular flexibility index (Phi) is 2.88. The van der Waals surface area contributed by atoms with E-state index in [1.54, 1.807) is 6.92 Å². The van der Waals surface area contributed by atoms with Crippen LogP contribution in [0.15, 0.2) is 30.5 Å². The molecule has 1 unspecified atom stereocenters. The SMILES string of the molecule is CCC(C)(Cc1c[nH]c2ccccc12)[N+](=O)[O-]. The number of para-hydroxylation sites is 1. The minimum atomic E-state index is -0.884. The number of fused-ring (bicyclic) bond motifs is 1. The third-order valence-electron chi connectivity index (χ3n) is 3.45. The first-order valence-corrected chi connectivity index (χ1v) is 5.76. The lowest BCUT2D eigenvalue weighted by atomic mass is 9.91. The predicted octanol–water partition coefficient (Wildman–Crippen LogP) is 3.16. The van der Waals surface area contributed by atoms with Crippen molar-refractivity contribution in [1.82, 2.24) is 4.98 Å². The zero-order valence-electron chi connectivity index (χ0n) is 10.1. The van der Waals surface area contributed by atoms with Gasteiger partial charge in [0.2, 0.25) is 5.54 Å². The number of nitrogens with one attached hydrogen (secondary N) is 1. The van der Waals surface area contributed by atoms with Crippen LogP contribution in [0.25, 0.3) is 10.9 Å². The Morgan fingerprint density at radius 3 is 2.76 bits per heavy atom. The van der Waals surface area contributed by atoms with Gasteiger partial charge in [-0.3, -0.25) is 10.1 Å². The summed E-state index contributed by atoms with van der Waals surface area (Å²) in [5.41, 5.74) is 1.16. The van der Waals surface area contributed by atoms with Crippen LogP contribution >= 0.6 is 0 Å². The Balaban J connectivity index is 2.38. The normalized spacial score (nSPS) is 14.7. The second-order valence-corrected chi connectivity index (χ2v) is 4.64. The molecule has 0 saturated carbocycles. The Labute approximate surface area is 99.8 Å². The largest absolute Gasteiger partial charge is 0.361 e. The molecule has 0 aliphatic heterocycles. The number of H-pyrrole nitrogens is 1. The van der Waals surface area contributed by atoms with Crippen molar-refractivity contribution in [3.05, 3.63) is 46.1 Å². The number of aromatic nitrogens is 1. The van der Waals surface area contributed by atoms with Gasteiger partial charge in [-0.1, -0.05) is 25.1 Å². The van der Waals surface area contributed by atoms with Gasteiger partial charge in [-0.05, 0) is 11.6 Å². The summed E-state index contributed by atoms with van der Waals surface area (Å²) in [6.45, 7) is 3.56. The summed E-state index contributed by atoms with van der Waals surface area (Å²) in [6, 6.07) is 7.88. The minimum absolute atomic E-state index is 0.172. The number of hydrogen-bond acceptors (Lipinski definition) is 2. The lowest BCUT2D eigenvalue weighted by Gasteiger charge is -2.18. The summed E-state index contributed by atoms with van der Waals surface area (Å²) < 4.78 is 0. The topological polar surface area (TPSA) is 58.9 Å². The van der Waals surface area contributed by atoms with Gasteiger partial charge < -0.3 is 4.98 Å². The lowest BCUT2D eigenvalue weighted by Crippen LogP contribution is -2.36. The molecular formula is C13H16N2O2. The van der Waals surface area contributed by atoms with Crippen LogP contribution in [0.1, 0.15) is 25.8 Å². The van der Waals surface area contributed by atoms with Gasteiger partial charge in [-0.2, -0.15) is 0 Å². The van der Waals surface area contributed by atoms with Gasteiger partial charge in [0.15, 0.2) is 0 Å². The van der Waals surface area contributed by atoms with E-state index < -0.39 is 5.54 Å². The first-order valence-electron chi connectivity index (χ1n) is 5.76. The summed E-state index contributed by atoms with van der Waals surface area (Å²) in [7, 11) is 0. The van der Waals surface area contributed by atoms with E-state index in [-0.39, 0.29) is 4.92 Å². The maximum Gasteiger partial charge on any atom is 0.223 e. The maximum absolute atomic E-state index is 11.1. The molecule has 2 aromatic rings. The van der Waals surface area contributed by atoms with Gasteiger partial charge in [-0.15, -0.1) is 0 Å². The highest BCUT2D eigenvalue weighted by atomic mass is 16.6. The summed E-state index contributed by atoms with van der Waals surface area (Å²) in [5.74, 6) is 0. The molecule has 0 aliphatic carbocycles. The summed E-state index contributed by atoms with van der Waals surface area (Å²) in [5, 5.41) is 12.2. The van der Waals surface area contributed by atoms with E-state index in [0.717, 1.165) is 16.5 Å². The number of benzene rings is 1. The Morgan fingerprint density at radius 1 is 1.41 bits per heavy atom. The molecule has 90 valence electrons. The van der Waals surface area contributed by atoms with Gasteiger partial charge in [0, 0.05) is 41.8 Å². The lowest BCUT2D eigenvalue weighted by molar-refractivity contribution is -0.565. The van der Waals surface area contributed by atoms with E-state index in [1.807, 2.05) is 37.4 Å². The summed E-state index contributed by atoms with van der Waals surface area (Å²) in [6.07, 6.45) is 2.86. The van der Waals surface area contributed by atoms with E-state index in [2.05, 4.69) is 4.98 Å². The molecule has 4 heteroatoms. The average Bonchev–Trinajstić information content (AvgIpc) is 2.72. The molecule has 1 aromatic heterocycles. The Morgan fingerprint density at radius 2 is 2.12 bits per heavy atom. The Bertz CT molecular complexity index is 547. The van der Waals surface area contributed by atoms with Gasteiger partial charge in [0.05, 0.1) is 0 Å². The monoisotopic (exact) mass is 232 g/mol. The zero-order chi connectivity index (χ0) is 12.5. The zero-order valence-corrected chi connectivity index (χ0v) is 10.1. The highest BCUT2D eigenvalue weighted by Crippen LogP contribution is 2.25. The summed E-state index contributed by atoms with van der Waals surface area (Å²) in [4.78, 5) is 14.1. The molecule has 1 N–H and O–H groups in total. The smallest absolute Gasteiger partial charge is 0.223 e. The van der Waals surface area contributed by atoms with Crippen molar-refractivity contribution >= 4 is 10.9 Å². The first-order chi connectivity index (χ1) is 8.07. The molecule has 2 rings (SSSR count). The fourth-order valence-corrected chi connectivity index (χ4v) is 2.01. The number of hydrogen-bond donors (Lipinski definition) is 1. The standard InChI is InChI=1S/C13H16N2O2/c1-3-13(2,15(16)17)8-10-9-14-12-7-5-4-6-11(10)12/h4-7,9,14H,3,8H2,1-2H3. The number of aromatic amines is 1.